The van der Waals surface area contributed by atoms with Crippen molar-refractivity contribution in [2.24, 2.45) is 0 Å². The molecule has 1 saturated heterocycles. The zero-order valence-corrected chi connectivity index (χ0v) is 13.7. The Hall–Kier alpha value is -0.120. The van der Waals surface area contributed by atoms with Crippen LogP contribution in [0.25, 0.3) is 0 Å². The molecule has 0 amide bonds. The Morgan fingerprint density at radius 1 is 1.11 bits per heavy atom. The van der Waals surface area contributed by atoms with E-state index >= 15 is 0 Å². The van der Waals surface area contributed by atoms with Crippen LogP contribution >= 0.6 is 0 Å². The highest BCUT2D eigenvalue weighted by molar-refractivity contribution is 4.94. The van der Waals surface area contributed by atoms with Gasteiger partial charge in [-0.05, 0) is 60.2 Å². The highest BCUT2D eigenvalue weighted by atomic mass is 16.5. The number of likely N-dealkylation sites (N-methyl/N-ethyl adjacent to an activating group) is 1. The average Bonchev–Trinajstić information content (AvgIpc) is 2.63. The van der Waals surface area contributed by atoms with E-state index in [0.717, 1.165) is 13.2 Å². The zero-order chi connectivity index (χ0) is 14.3. The lowest BCUT2D eigenvalue weighted by molar-refractivity contribution is 0.00507. The van der Waals surface area contributed by atoms with Gasteiger partial charge in [-0.3, -0.25) is 4.90 Å². The number of hydrogen-bond donors (Lipinski definition) is 1. The normalized spacial score (nSPS) is 20.5. The van der Waals surface area contributed by atoms with Gasteiger partial charge in [-0.25, -0.2) is 0 Å². The Balaban J connectivity index is 2.66. The Morgan fingerprint density at radius 2 is 1.68 bits per heavy atom. The quantitative estimate of drug-likeness (QED) is 0.769. The highest BCUT2D eigenvalue weighted by Crippen LogP contribution is 2.24. The third-order valence-electron chi connectivity index (χ3n) is 4.32. The van der Waals surface area contributed by atoms with Gasteiger partial charge in [-0.2, -0.15) is 0 Å². The molecule has 3 nitrogen and oxygen atoms in total. The predicted molar refractivity (Wildman–Crippen MR) is 82.7 cm³/mol. The molecule has 1 atom stereocenters. The molecular formula is C16H34N2O. The summed E-state index contributed by atoms with van der Waals surface area (Å²) in [5.74, 6) is 0. The van der Waals surface area contributed by atoms with Crippen LogP contribution < -0.4 is 5.32 Å². The second-order valence-electron chi connectivity index (χ2n) is 6.55. The standard InChI is InChI=1S/C16H34N2O/c1-6-17-15(13-19-14(2)3)16(4,5)18-11-9-7-8-10-12-18/h14-15,17H,6-13H2,1-5H3. The van der Waals surface area contributed by atoms with Gasteiger partial charge in [0.2, 0.25) is 0 Å². The van der Waals surface area contributed by atoms with Gasteiger partial charge < -0.3 is 10.1 Å². The zero-order valence-electron chi connectivity index (χ0n) is 13.7. The highest BCUT2D eigenvalue weighted by Gasteiger charge is 2.35. The summed E-state index contributed by atoms with van der Waals surface area (Å²) in [4.78, 5) is 2.66. The molecule has 3 heteroatoms. The Kier molecular flexibility index (Phi) is 7.33. The summed E-state index contributed by atoms with van der Waals surface area (Å²) < 4.78 is 5.88. The Labute approximate surface area is 120 Å². The van der Waals surface area contributed by atoms with Crippen molar-refractivity contribution in [3.8, 4) is 0 Å². The molecule has 1 heterocycles. The fraction of sp³-hybridized carbons (Fsp3) is 1.00. The minimum absolute atomic E-state index is 0.162. The molecule has 0 aliphatic carbocycles. The molecular weight excluding hydrogens is 236 g/mol. The van der Waals surface area contributed by atoms with Crippen LogP contribution in [0.1, 0.15) is 60.3 Å². The molecule has 1 aliphatic heterocycles. The minimum Gasteiger partial charge on any atom is -0.377 e. The first kappa shape index (κ1) is 16.9. The van der Waals surface area contributed by atoms with Crippen molar-refractivity contribution in [2.75, 3.05) is 26.2 Å². The fourth-order valence-corrected chi connectivity index (χ4v) is 2.92. The van der Waals surface area contributed by atoms with Crippen LogP contribution in [-0.2, 0) is 4.74 Å². The number of likely N-dealkylation sites (tertiary alicyclic amines) is 1. The topological polar surface area (TPSA) is 24.5 Å². The fourth-order valence-electron chi connectivity index (χ4n) is 2.92. The molecule has 1 N–H and O–H groups in total. The number of rotatable bonds is 7. The number of ether oxygens (including phenoxy) is 1. The summed E-state index contributed by atoms with van der Waals surface area (Å²) in [6, 6.07) is 0.401. The van der Waals surface area contributed by atoms with Crippen LogP contribution in [-0.4, -0.2) is 48.8 Å². The van der Waals surface area contributed by atoms with Gasteiger partial charge in [0.15, 0.2) is 0 Å². The van der Waals surface area contributed by atoms with Crippen LogP contribution in [0.2, 0.25) is 0 Å². The van der Waals surface area contributed by atoms with E-state index in [1.54, 1.807) is 0 Å². The molecule has 0 aromatic rings. The van der Waals surface area contributed by atoms with Crippen molar-refractivity contribution in [3.63, 3.8) is 0 Å². The van der Waals surface area contributed by atoms with E-state index in [1.807, 2.05) is 0 Å². The summed E-state index contributed by atoms with van der Waals surface area (Å²) in [7, 11) is 0. The molecule has 0 radical (unpaired) electrons. The van der Waals surface area contributed by atoms with E-state index in [1.165, 1.54) is 38.8 Å². The SMILES string of the molecule is CCNC(COC(C)C)C(C)(C)N1CCCCCC1. The molecule has 114 valence electrons. The van der Waals surface area contributed by atoms with Gasteiger partial charge in [-0.15, -0.1) is 0 Å². The third kappa shape index (κ3) is 5.41. The van der Waals surface area contributed by atoms with Gasteiger partial charge in [0, 0.05) is 11.6 Å². The minimum atomic E-state index is 0.162. The average molecular weight is 270 g/mol. The first-order valence-electron chi connectivity index (χ1n) is 8.08. The maximum Gasteiger partial charge on any atom is 0.0641 e. The van der Waals surface area contributed by atoms with E-state index in [0.29, 0.717) is 12.1 Å². The van der Waals surface area contributed by atoms with E-state index < -0.39 is 0 Å². The number of nitrogens with one attached hydrogen (secondary N) is 1. The van der Waals surface area contributed by atoms with Crippen LogP contribution in [0.5, 0.6) is 0 Å². The summed E-state index contributed by atoms with van der Waals surface area (Å²) in [6.45, 7) is 15.4. The largest absolute Gasteiger partial charge is 0.377 e. The molecule has 1 aliphatic rings. The van der Waals surface area contributed by atoms with E-state index in [-0.39, 0.29) is 5.54 Å². The number of hydrogen-bond acceptors (Lipinski definition) is 3. The smallest absolute Gasteiger partial charge is 0.0641 e. The van der Waals surface area contributed by atoms with Gasteiger partial charge in [-0.1, -0.05) is 19.8 Å². The molecule has 19 heavy (non-hydrogen) atoms. The monoisotopic (exact) mass is 270 g/mol. The van der Waals surface area contributed by atoms with Crippen LogP contribution in [0.4, 0.5) is 0 Å². The summed E-state index contributed by atoms with van der Waals surface area (Å²) >= 11 is 0. The van der Waals surface area contributed by atoms with Crippen molar-refractivity contribution in [1.29, 1.82) is 0 Å². The first-order valence-corrected chi connectivity index (χ1v) is 8.08. The van der Waals surface area contributed by atoms with E-state index in [2.05, 4.69) is 44.8 Å². The Morgan fingerprint density at radius 3 is 2.16 bits per heavy atom. The molecule has 1 fully saturated rings. The second-order valence-corrected chi connectivity index (χ2v) is 6.55. The molecule has 1 unspecified atom stereocenters. The maximum atomic E-state index is 5.88. The van der Waals surface area contributed by atoms with Crippen LogP contribution in [0, 0.1) is 0 Å². The summed E-state index contributed by atoms with van der Waals surface area (Å²) in [5, 5.41) is 3.63. The van der Waals surface area contributed by atoms with Gasteiger partial charge >= 0.3 is 0 Å². The predicted octanol–water partition coefficient (Wildman–Crippen LogP) is 3.04. The lowest BCUT2D eigenvalue weighted by atomic mass is 9.92. The Bertz CT molecular complexity index is 233. The third-order valence-corrected chi connectivity index (χ3v) is 4.32. The van der Waals surface area contributed by atoms with Gasteiger partial charge in [0.1, 0.15) is 0 Å². The lowest BCUT2D eigenvalue weighted by Crippen LogP contribution is -2.60. The van der Waals surface area contributed by atoms with Crippen molar-refractivity contribution < 1.29 is 4.74 Å². The molecule has 0 saturated carbocycles. The molecule has 1 rings (SSSR count). The van der Waals surface area contributed by atoms with Gasteiger partial charge in [0.05, 0.1) is 12.7 Å². The van der Waals surface area contributed by atoms with E-state index in [4.69, 9.17) is 4.74 Å². The molecule has 0 bridgehead atoms. The van der Waals surface area contributed by atoms with Gasteiger partial charge in [0.25, 0.3) is 0 Å². The second kappa shape index (κ2) is 8.23. The van der Waals surface area contributed by atoms with Crippen molar-refractivity contribution in [3.05, 3.63) is 0 Å². The number of nitrogens with zero attached hydrogens (tertiary/aromatic N) is 1. The van der Waals surface area contributed by atoms with Crippen molar-refractivity contribution >= 4 is 0 Å². The lowest BCUT2D eigenvalue weighted by Gasteiger charge is -2.44. The van der Waals surface area contributed by atoms with E-state index in [9.17, 15) is 0 Å². The maximum absolute atomic E-state index is 5.88. The summed E-state index contributed by atoms with van der Waals surface area (Å²) in [6.07, 6.45) is 5.77. The molecule has 0 aromatic carbocycles. The van der Waals surface area contributed by atoms with Crippen LogP contribution in [0.15, 0.2) is 0 Å². The van der Waals surface area contributed by atoms with Crippen molar-refractivity contribution in [2.45, 2.75) is 78.0 Å². The molecule has 0 spiro atoms. The van der Waals surface area contributed by atoms with Crippen LogP contribution in [0.3, 0.4) is 0 Å². The molecule has 0 aromatic heterocycles. The van der Waals surface area contributed by atoms with Crippen molar-refractivity contribution in [1.82, 2.24) is 10.2 Å². The summed E-state index contributed by atoms with van der Waals surface area (Å²) in [5.41, 5.74) is 0.162. The first-order chi connectivity index (χ1) is 8.98.